The predicted octanol–water partition coefficient (Wildman–Crippen LogP) is 2.38. The van der Waals surface area contributed by atoms with Crippen molar-refractivity contribution in [1.29, 1.82) is 0 Å². The van der Waals surface area contributed by atoms with Crippen molar-refractivity contribution in [3.05, 3.63) is 28.8 Å². The first-order chi connectivity index (χ1) is 7.63. The van der Waals surface area contributed by atoms with Gasteiger partial charge in [-0.1, -0.05) is 17.7 Å². The van der Waals surface area contributed by atoms with E-state index in [1.54, 1.807) is 6.07 Å². The fourth-order valence-corrected chi connectivity index (χ4v) is 1.37. The SMILES string of the molecule is CNC(=O)OCCOc1ccc(C)cc1Cl. The molecular formula is C11H14ClNO3. The second-order valence-electron chi connectivity index (χ2n) is 3.17. The number of halogens is 1. The molecule has 0 fully saturated rings. The monoisotopic (exact) mass is 243 g/mol. The summed E-state index contributed by atoms with van der Waals surface area (Å²) in [5.41, 5.74) is 1.07. The molecular weight excluding hydrogens is 230 g/mol. The Morgan fingerprint density at radius 3 is 2.81 bits per heavy atom. The maximum Gasteiger partial charge on any atom is 0.406 e. The number of hydrogen-bond acceptors (Lipinski definition) is 3. The average molecular weight is 244 g/mol. The lowest BCUT2D eigenvalue weighted by atomic mass is 10.2. The smallest absolute Gasteiger partial charge is 0.406 e. The van der Waals surface area contributed by atoms with Gasteiger partial charge in [0.25, 0.3) is 0 Å². The molecule has 16 heavy (non-hydrogen) atoms. The minimum atomic E-state index is -0.474. The Morgan fingerprint density at radius 2 is 2.19 bits per heavy atom. The molecule has 4 nitrogen and oxygen atoms in total. The van der Waals surface area contributed by atoms with Crippen LogP contribution in [0.2, 0.25) is 5.02 Å². The Morgan fingerprint density at radius 1 is 1.44 bits per heavy atom. The van der Waals surface area contributed by atoms with Crippen LogP contribution in [0, 0.1) is 6.92 Å². The van der Waals surface area contributed by atoms with Gasteiger partial charge in [0.1, 0.15) is 19.0 Å². The Hall–Kier alpha value is -1.42. The van der Waals surface area contributed by atoms with Gasteiger partial charge in [0.2, 0.25) is 0 Å². The van der Waals surface area contributed by atoms with Crippen molar-refractivity contribution >= 4 is 17.7 Å². The van der Waals surface area contributed by atoms with E-state index in [1.165, 1.54) is 7.05 Å². The van der Waals surface area contributed by atoms with Crippen molar-refractivity contribution in [3.8, 4) is 5.75 Å². The molecule has 0 saturated carbocycles. The quantitative estimate of drug-likeness (QED) is 0.826. The zero-order valence-electron chi connectivity index (χ0n) is 9.25. The molecule has 1 rings (SSSR count). The van der Waals surface area contributed by atoms with Gasteiger partial charge in [-0.2, -0.15) is 0 Å². The highest BCUT2D eigenvalue weighted by atomic mass is 35.5. The minimum Gasteiger partial charge on any atom is -0.488 e. The number of hydrogen-bond donors (Lipinski definition) is 1. The molecule has 1 aromatic rings. The van der Waals surface area contributed by atoms with E-state index in [4.69, 9.17) is 21.1 Å². The zero-order valence-corrected chi connectivity index (χ0v) is 10.0. The van der Waals surface area contributed by atoms with E-state index in [0.717, 1.165) is 5.56 Å². The summed E-state index contributed by atoms with van der Waals surface area (Å²) in [5, 5.41) is 2.90. The summed E-state index contributed by atoms with van der Waals surface area (Å²) in [7, 11) is 1.50. The van der Waals surface area contributed by atoms with Crippen LogP contribution in [-0.4, -0.2) is 26.4 Å². The van der Waals surface area contributed by atoms with Gasteiger partial charge < -0.3 is 14.8 Å². The van der Waals surface area contributed by atoms with Crippen LogP contribution < -0.4 is 10.1 Å². The number of carbonyl (C=O) groups excluding carboxylic acids is 1. The van der Waals surface area contributed by atoms with Crippen LogP contribution in [0.3, 0.4) is 0 Å². The molecule has 0 aliphatic rings. The molecule has 0 saturated heterocycles. The molecule has 0 radical (unpaired) electrons. The van der Waals surface area contributed by atoms with Gasteiger partial charge in [-0.3, -0.25) is 0 Å². The van der Waals surface area contributed by atoms with E-state index in [1.807, 2.05) is 19.1 Å². The third-order valence-electron chi connectivity index (χ3n) is 1.87. The number of amides is 1. The number of aryl methyl sites for hydroxylation is 1. The van der Waals surface area contributed by atoms with Gasteiger partial charge in [-0.15, -0.1) is 0 Å². The van der Waals surface area contributed by atoms with E-state index in [0.29, 0.717) is 10.8 Å². The third-order valence-corrected chi connectivity index (χ3v) is 2.16. The number of ether oxygens (including phenoxy) is 2. The van der Waals surface area contributed by atoms with Gasteiger partial charge in [0.15, 0.2) is 0 Å². The molecule has 0 bridgehead atoms. The second-order valence-corrected chi connectivity index (χ2v) is 3.58. The van der Waals surface area contributed by atoms with Crippen molar-refractivity contribution < 1.29 is 14.3 Å². The van der Waals surface area contributed by atoms with E-state index < -0.39 is 6.09 Å². The van der Waals surface area contributed by atoms with Crippen molar-refractivity contribution in [3.63, 3.8) is 0 Å². The minimum absolute atomic E-state index is 0.184. The Labute approximate surface area is 99.5 Å². The number of benzene rings is 1. The first-order valence-electron chi connectivity index (χ1n) is 4.87. The maximum atomic E-state index is 10.7. The van der Waals surface area contributed by atoms with Gasteiger partial charge in [-0.05, 0) is 24.6 Å². The van der Waals surface area contributed by atoms with Crippen LogP contribution in [0.4, 0.5) is 4.79 Å². The molecule has 0 heterocycles. The lowest BCUT2D eigenvalue weighted by molar-refractivity contribution is 0.127. The molecule has 88 valence electrons. The lowest BCUT2D eigenvalue weighted by Crippen LogP contribution is -2.21. The fourth-order valence-electron chi connectivity index (χ4n) is 1.08. The molecule has 5 heteroatoms. The van der Waals surface area contributed by atoms with Crippen LogP contribution in [0.25, 0.3) is 0 Å². The molecule has 1 N–H and O–H groups in total. The first-order valence-corrected chi connectivity index (χ1v) is 5.24. The van der Waals surface area contributed by atoms with Crippen molar-refractivity contribution in [2.24, 2.45) is 0 Å². The lowest BCUT2D eigenvalue weighted by Gasteiger charge is -2.08. The Kier molecular flexibility index (Phi) is 4.92. The molecule has 0 aromatic heterocycles. The van der Waals surface area contributed by atoms with E-state index >= 15 is 0 Å². The summed E-state index contributed by atoms with van der Waals surface area (Å²) in [6.07, 6.45) is -0.474. The number of carbonyl (C=O) groups is 1. The average Bonchev–Trinajstić information content (AvgIpc) is 2.26. The Balaban J connectivity index is 2.35. The summed E-state index contributed by atoms with van der Waals surface area (Å²) in [6, 6.07) is 5.51. The molecule has 0 atom stereocenters. The summed E-state index contributed by atoms with van der Waals surface area (Å²) in [4.78, 5) is 10.7. The summed E-state index contributed by atoms with van der Waals surface area (Å²) < 4.78 is 10.1. The molecule has 0 aliphatic heterocycles. The standard InChI is InChI=1S/C11H14ClNO3/c1-8-3-4-10(9(12)7-8)15-5-6-16-11(14)13-2/h3-4,7H,5-6H2,1-2H3,(H,13,14). The summed E-state index contributed by atoms with van der Waals surface area (Å²) >= 11 is 5.95. The van der Waals surface area contributed by atoms with Gasteiger partial charge in [0, 0.05) is 7.05 Å². The van der Waals surface area contributed by atoms with Crippen LogP contribution >= 0.6 is 11.6 Å². The Bertz CT molecular complexity index is 368. The van der Waals surface area contributed by atoms with Gasteiger partial charge >= 0.3 is 6.09 Å². The molecule has 0 spiro atoms. The van der Waals surface area contributed by atoms with Crippen molar-refractivity contribution in [2.45, 2.75) is 6.92 Å². The normalized spacial score (nSPS) is 9.69. The van der Waals surface area contributed by atoms with Crippen molar-refractivity contribution in [1.82, 2.24) is 5.32 Å². The molecule has 1 amide bonds. The van der Waals surface area contributed by atoms with Crippen LogP contribution in [0.1, 0.15) is 5.56 Å². The van der Waals surface area contributed by atoms with Crippen LogP contribution in [0.5, 0.6) is 5.75 Å². The van der Waals surface area contributed by atoms with E-state index in [9.17, 15) is 4.79 Å². The molecule has 0 aliphatic carbocycles. The fraction of sp³-hybridized carbons (Fsp3) is 0.364. The summed E-state index contributed by atoms with van der Waals surface area (Å²) in [5.74, 6) is 0.591. The predicted molar refractivity (Wildman–Crippen MR) is 62.1 cm³/mol. The highest BCUT2D eigenvalue weighted by Crippen LogP contribution is 2.24. The zero-order chi connectivity index (χ0) is 12.0. The van der Waals surface area contributed by atoms with E-state index in [2.05, 4.69) is 5.32 Å². The molecule has 0 unspecified atom stereocenters. The number of alkyl carbamates (subject to hydrolysis) is 1. The van der Waals surface area contributed by atoms with Gasteiger partial charge in [-0.25, -0.2) is 4.79 Å². The van der Waals surface area contributed by atoms with Gasteiger partial charge in [0.05, 0.1) is 5.02 Å². The van der Waals surface area contributed by atoms with E-state index in [-0.39, 0.29) is 13.2 Å². The first kappa shape index (κ1) is 12.6. The largest absolute Gasteiger partial charge is 0.488 e. The highest BCUT2D eigenvalue weighted by Gasteiger charge is 2.02. The van der Waals surface area contributed by atoms with Crippen LogP contribution in [0.15, 0.2) is 18.2 Å². The summed E-state index contributed by atoms with van der Waals surface area (Å²) in [6.45, 7) is 2.41. The number of nitrogens with one attached hydrogen (secondary N) is 1. The second kappa shape index (κ2) is 6.23. The highest BCUT2D eigenvalue weighted by molar-refractivity contribution is 6.32. The third kappa shape index (κ3) is 3.98. The van der Waals surface area contributed by atoms with Crippen LogP contribution in [-0.2, 0) is 4.74 Å². The maximum absolute atomic E-state index is 10.7. The van der Waals surface area contributed by atoms with Crippen molar-refractivity contribution in [2.75, 3.05) is 20.3 Å². The topological polar surface area (TPSA) is 47.6 Å². The number of rotatable bonds is 4. The molecule has 1 aromatic carbocycles.